The summed E-state index contributed by atoms with van der Waals surface area (Å²) in [4.78, 5) is 14.9. The number of nitrogens with zero attached hydrogens (tertiary/aromatic N) is 1. The fourth-order valence-corrected chi connectivity index (χ4v) is 3.90. The largest absolute Gasteiger partial charge is 0.497 e. The number of amides is 1. The molecule has 4 nitrogen and oxygen atoms in total. The molecule has 1 aromatic rings. The molecule has 0 spiro atoms. The third-order valence-corrected chi connectivity index (χ3v) is 5.10. The lowest BCUT2D eigenvalue weighted by Crippen LogP contribution is -2.50. The molecule has 20 heavy (non-hydrogen) atoms. The minimum atomic E-state index is 0.0928. The summed E-state index contributed by atoms with van der Waals surface area (Å²) in [6, 6.07) is 6.36. The Balaban J connectivity index is 1.90. The molecule has 2 saturated heterocycles. The second-order valence-corrected chi connectivity index (χ2v) is 6.53. The van der Waals surface area contributed by atoms with E-state index in [1.54, 1.807) is 13.2 Å². The predicted octanol–water partition coefficient (Wildman–Crippen LogP) is 2.55. The van der Waals surface area contributed by atoms with Gasteiger partial charge in [-0.05, 0) is 59.8 Å². The van der Waals surface area contributed by atoms with Crippen molar-refractivity contribution < 1.29 is 9.53 Å². The number of ether oxygens (including phenoxy) is 1. The summed E-state index contributed by atoms with van der Waals surface area (Å²) in [5.74, 6) is 0.799. The van der Waals surface area contributed by atoms with Gasteiger partial charge in [-0.2, -0.15) is 0 Å². The van der Waals surface area contributed by atoms with Gasteiger partial charge < -0.3 is 15.4 Å². The molecule has 2 atom stereocenters. The number of carbonyl (C=O) groups excluding carboxylic acids is 1. The third kappa shape index (κ3) is 2.33. The van der Waals surface area contributed by atoms with Gasteiger partial charge in [-0.15, -0.1) is 0 Å². The van der Waals surface area contributed by atoms with Gasteiger partial charge in [0.2, 0.25) is 0 Å². The number of piperidine rings is 1. The van der Waals surface area contributed by atoms with Gasteiger partial charge in [-0.25, -0.2) is 0 Å². The zero-order valence-corrected chi connectivity index (χ0v) is 13.1. The van der Waals surface area contributed by atoms with Crippen LogP contribution in [0, 0.1) is 0 Å². The topological polar surface area (TPSA) is 55.6 Å². The van der Waals surface area contributed by atoms with Crippen molar-refractivity contribution in [3.05, 3.63) is 28.2 Å². The van der Waals surface area contributed by atoms with Gasteiger partial charge >= 0.3 is 0 Å². The standard InChI is InChI=1S/C15H19BrN2O2/c1-20-12-4-5-14(16)13(8-12)15(19)18-10-2-3-11(18)7-9(17)6-10/h4-5,8-11H,2-3,6-7,17H2,1H3. The summed E-state index contributed by atoms with van der Waals surface area (Å²) < 4.78 is 6.04. The maximum Gasteiger partial charge on any atom is 0.255 e. The Morgan fingerprint density at radius 1 is 1.35 bits per heavy atom. The molecule has 0 aromatic heterocycles. The number of carbonyl (C=O) groups is 1. The molecule has 0 saturated carbocycles. The minimum Gasteiger partial charge on any atom is -0.497 e. The van der Waals surface area contributed by atoms with Crippen LogP contribution in [-0.4, -0.2) is 36.0 Å². The van der Waals surface area contributed by atoms with Crippen LogP contribution in [-0.2, 0) is 0 Å². The Morgan fingerprint density at radius 3 is 2.60 bits per heavy atom. The maximum absolute atomic E-state index is 12.9. The first-order valence-corrected chi connectivity index (χ1v) is 7.81. The van der Waals surface area contributed by atoms with E-state index in [1.165, 1.54) is 0 Å². The molecule has 2 bridgehead atoms. The van der Waals surface area contributed by atoms with Crippen molar-refractivity contribution in [2.75, 3.05) is 7.11 Å². The number of nitrogens with two attached hydrogens (primary N) is 1. The van der Waals surface area contributed by atoms with E-state index in [9.17, 15) is 4.79 Å². The van der Waals surface area contributed by atoms with Crippen LogP contribution in [0.3, 0.4) is 0 Å². The SMILES string of the molecule is COc1ccc(Br)c(C(=O)N2C3CCC2CC(N)C3)c1. The molecule has 5 heteroatoms. The second-order valence-electron chi connectivity index (χ2n) is 5.67. The fourth-order valence-electron chi connectivity index (χ4n) is 3.49. The van der Waals surface area contributed by atoms with Crippen LogP contribution in [0.4, 0.5) is 0 Å². The highest BCUT2D eigenvalue weighted by Gasteiger charge is 2.42. The van der Waals surface area contributed by atoms with E-state index < -0.39 is 0 Å². The first kappa shape index (κ1) is 13.9. The summed E-state index contributed by atoms with van der Waals surface area (Å²) in [5.41, 5.74) is 6.74. The van der Waals surface area contributed by atoms with Gasteiger partial charge in [-0.3, -0.25) is 4.79 Å². The average molecular weight is 339 g/mol. The number of benzene rings is 1. The summed E-state index contributed by atoms with van der Waals surface area (Å²) in [7, 11) is 1.61. The molecule has 108 valence electrons. The van der Waals surface area contributed by atoms with Crippen molar-refractivity contribution >= 4 is 21.8 Å². The molecule has 3 rings (SSSR count). The first-order chi connectivity index (χ1) is 9.60. The van der Waals surface area contributed by atoms with Crippen LogP contribution in [0.2, 0.25) is 0 Å². The van der Waals surface area contributed by atoms with E-state index in [1.807, 2.05) is 17.0 Å². The van der Waals surface area contributed by atoms with E-state index in [2.05, 4.69) is 15.9 Å². The molecule has 2 heterocycles. The van der Waals surface area contributed by atoms with E-state index in [0.29, 0.717) is 23.4 Å². The van der Waals surface area contributed by atoms with E-state index in [0.717, 1.165) is 30.2 Å². The Bertz CT molecular complexity index is 521. The van der Waals surface area contributed by atoms with Crippen LogP contribution in [0.5, 0.6) is 5.75 Å². The molecule has 1 amide bonds. The summed E-state index contributed by atoms with van der Waals surface area (Å²) in [6.45, 7) is 0. The first-order valence-electron chi connectivity index (χ1n) is 7.02. The van der Waals surface area contributed by atoms with Gasteiger partial charge in [-0.1, -0.05) is 0 Å². The average Bonchev–Trinajstić information content (AvgIpc) is 2.71. The van der Waals surface area contributed by atoms with Crippen molar-refractivity contribution in [3.8, 4) is 5.75 Å². The van der Waals surface area contributed by atoms with Crippen LogP contribution in [0.1, 0.15) is 36.0 Å². The molecule has 0 aliphatic carbocycles. The fraction of sp³-hybridized carbons (Fsp3) is 0.533. The normalized spacial score (nSPS) is 28.6. The molecule has 2 aliphatic rings. The van der Waals surface area contributed by atoms with Crippen LogP contribution in [0.25, 0.3) is 0 Å². The molecule has 2 aliphatic heterocycles. The second kappa shape index (κ2) is 5.37. The van der Waals surface area contributed by atoms with Crippen molar-refractivity contribution in [1.29, 1.82) is 0 Å². The highest BCUT2D eigenvalue weighted by Crippen LogP contribution is 2.37. The molecule has 0 radical (unpaired) electrons. The molecule has 2 unspecified atom stereocenters. The highest BCUT2D eigenvalue weighted by molar-refractivity contribution is 9.10. The predicted molar refractivity (Wildman–Crippen MR) is 80.9 cm³/mol. The van der Waals surface area contributed by atoms with Crippen LogP contribution >= 0.6 is 15.9 Å². The zero-order valence-electron chi connectivity index (χ0n) is 11.5. The van der Waals surface area contributed by atoms with Crippen LogP contribution in [0.15, 0.2) is 22.7 Å². The quantitative estimate of drug-likeness (QED) is 0.901. The summed E-state index contributed by atoms with van der Waals surface area (Å²) in [5, 5.41) is 0. The lowest BCUT2D eigenvalue weighted by atomic mass is 9.97. The van der Waals surface area contributed by atoms with Gasteiger partial charge in [0, 0.05) is 22.6 Å². The number of hydrogen-bond acceptors (Lipinski definition) is 3. The lowest BCUT2D eigenvalue weighted by Gasteiger charge is -2.38. The number of rotatable bonds is 2. The zero-order chi connectivity index (χ0) is 14.3. The monoisotopic (exact) mass is 338 g/mol. The minimum absolute atomic E-state index is 0.0928. The van der Waals surface area contributed by atoms with Gasteiger partial charge in [0.25, 0.3) is 5.91 Å². The van der Waals surface area contributed by atoms with Gasteiger partial charge in [0.05, 0.1) is 12.7 Å². The molecule has 2 N–H and O–H groups in total. The molecular formula is C15H19BrN2O2. The van der Waals surface area contributed by atoms with Crippen molar-refractivity contribution in [1.82, 2.24) is 4.90 Å². The number of fused-ring (bicyclic) bond motifs is 2. The van der Waals surface area contributed by atoms with E-state index >= 15 is 0 Å². The highest BCUT2D eigenvalue weighted by atomic mass is 79.9. The Morgan fingerprint density at radius 2 is 2.00 bits per heavy atom. The van der Waals surface area contributed by atoms with Gasteiger partial charge in [0.1, 0.15) is 5.75 Å². The molecular weight excluding hydrogens is 320 g/mol. The molecule has 2 fully saturated rings. The maximum atomic E-state index is 12.9. The third-order valence-electron chi connectivity index (χ3n) is 4.41. The van der Waals surface area contributed by atoms with Crippen LogP contribution < -0.4 is 10.5 Å². The molecule has 1 aromatic carbocycles. The van der Waals surface area contributed by atoms with Crippen molar-refractivity contribution in [2.45, 2.75) is 43.8 Å². The lowest BCUT2D eigenvalue weighted by molar-refractivity contribution is 0.0574. The smallest absolute Gasteiger partial charge is 0.255 e. The number of halogens is 1. The van der Waals surface area contributed by atoms with Gasteiger partial charge in [0.15, 0.2) is 0 Å². The number of methoxy groups -OCH3 is 1. The van der Waals surface area contributed by atoms with Crippen molar-refractivity contribution in [3.63, 3.8) is 0 Å². The number of hydrogen-bond donors (Lipinski definition) is 1. The Kier molecular flexibility index (Phi) is 3.73. The van der Waals surface area contributed by atoms with E-state index in [4.69, 9.17) is 10.5 Å². The summed E-state index contributed by atoms with van der Waals surface area (Å²) >= 11 is 3.47. The Hall–Kier alpha value is -1.07. The van der Waals surface area contributed by atoms with E-state index in [-0.39, 0.29) is 11.9 Å². The Labute approximate surface area is 127 Å². The summed E-state index contributed by atoms with van der Waals surface area (Å²) in [6.07, 6.45) is 3.99. The van der Waals surface area contributed by atoms with Crippen molar-refractivity contribution in [2.24, 2.45) is 5.73 Å².